The summed E-state index contributed by atoms with van der Waals surface area (Å²) in [6.45, 7) is 7.61. The molecule has 4 nitrogen and oxygen atoms in total. The Hall–Kier alpha value is -1.26. The molecular formula is C17H26N2O2. The Balaban J connectivity index is 1.52. The molecule has 4 heteroatoms. The third-order valence-electron chi connectivity index (χ3n) is 4.66. The Bertz CT molecular complexity index is 438. The average molecular weight is 290 g/mol. The highest BCUT2D eigenvalue weighted by atomic mass is 16.5. The van der Waals surface area contributed by atoms with Gasteiger partial charge >= 0.3 is 0 Å². The topological polar surface area (TPSA) is 24.9 Å². The van der Waals surface area contributed by atoms with Gasteiger partial charge in [-0.1, -0.05) is 12.1 Å². The standard InChI is InChI=1S/C17H26N2O2/c1-20-17-5-3-2-4-16(17)19-10-8-18(9-11-19)14-15-6-12-21-13-7-15/h2-5,15H,6-14H2,1H3. The molecule has 3 rings (SSSR count). The molecule has 0 amide bonds. The van der Waals surface area contributed by atoms with Crippen molar-refractivity contribution in [3.8, 4) is 5.75 Å². The van der Waals surface area contributed by atoms with E-state index in [1.165, 1.54) is 25.1 Å². The van der Waals surface area contributed by atoms with Crippen LogP contribution in [0.25, 0.3) is 0 Å². The molecule has 0 unspecified atom stereocenters. The van der Waals surface area contributed by atoms with Crippen LogP contribution in [0.3, 0.4) is 0 Å². The predicted octanol–water partition coefficient (Wildman–Crippen LogP) is 2.24. The summed E-state index contributed by atoms with van der Waals surface area (Å²) in [6.07, 6.45) is 2.46. The second-order valence-corrected chi connectivity index (χ2v) is 6.02. The molecule has 0 atom stereocenters. The van der Waals surface area contributed by atoms with Crippen molar-refractivity contribution in [2.45, 2.75) is 12.8 Å². The molecule has 2 heterocycles. The van der Waals surface area contributed by atoms with E-state index in [0.717, 1.165) is 51.1 Å². The van der Waals surface area contributed by atoms with Crippen LogP contribution in [-0.4, -0.2) is 57.9 Å². The minimum Gasteiger partial charge on any atom is -0.495 e. The summed E-state index contributed by atoms with van der Waals surface area (Å²) in [6, 6.07) is 8.33. The molecule has 1 aromatic rings. The SMILES string of the molecule is COc1ccccc1N1CCN(CC2CCOCC2)CC1. The zero-order valence-corrected chi connectivity index (χ0v) is 13.0. The number of piperazine rings is 1. The highest BCUT2D eigenvalue weighted by Crippen LogP contribution is 2.28. The third-order valence-corrected chi connectivity index (χ3v) is 4.66. The molecular weight excluding hydrogens is 264 g/mol. The molecule has 2 aliphatic heterocycles. The maximum absolute atomic E-state index is 5.48. The Morgan fingerprint density at radius 3 is 2.52 bits per heavy atom. The van der Waals surface area contributed by atoms with Crippen molar-refractivity contribution in [2.75, 3.05) is 57.9 Å². The molecule has 0 radical (unpaired) electrons. The first-order valence-electron chi connectivity index (χ1n) is 8.05. The monoisotopic (exact) mass is 290 g/mol. The van der Waals surface area contributed by atoms with Gasteiger partial charge in [-0.3, -0.25) is 4.90 Å². The van der Waals surface area contributed by atoms with Crippen molar-refractivity contribution >= 4 is 5.69 Å². The van der Waals surface area contributed by atoms with Gasteiger partial charge in [0.1, 0.15) is 5.75 Å². The van der Waals surface area contributed by atoms with Crippen molar-refractivity contribution < 1.29 is 9.47 Å². The van der Waals surface area contributed by atoms with Gasteiger partial charge in [0.2, 0.25) is 0 Å². The Labute approximate surface area is 127 Å². The van der Waals surface area contributed by atoms with Crippen LogP contribution in [0.2, 0.25) is 0 Å². The summed E-state index contributed by atoms with van der Waals surface area (Å²) >= 11 is 0. The Morgan fingerprint density at radius 1 is 1.10 bits per heavy atom. The number of anilines is 1. The highest BCUT2D eigenvalue weighted by Gasteiger charge is 2.22. The smallest absolute Gasteiger partial charge is 0.142 e. The number of nitrogens with zero attached hydrogens (tertiary/aromatic N) is 2. The molecule has 2 fully saturated rings. The van der Waals surface area contributed by atoms with E-state index in [9.17, 15) is 0 Å². The Kier molecular flexibility index (Phi) is 4.99. The summed E-state index contributed by atoms with van der Waals surface area (Å²) in [7, 11) is 1.75. The van der Waals surface area contributed by atoms with Crippen LogP contribution in [0.1, 0.15) is 12.8 Å². The molecule has 2 aliphatic rings. The molecule has 0 N–H and O–H groups in total. The fourth-order valence-electron chi connectivity index (χ4n) is 3.36. The molecule has 0 aliphatic carbocycles. The van der Waals surface area contributed by atoms with Gasteiger partial charge in [-0.05, 0) is 30.9 Å². The number of para-hydroxylation sites is 2. The molecule has 116 valence electrons. The van der Waals surface area contributed by atoms with E-state index in [-0.39, 0.29) is 0 Å². The van der Waals surface area contributed by atoms with Gasteiger partial charge in [0, 0.05) is 45.9 Å². The molecule has 1 aromatic carbocycles. The summed E-state index contributed by atoms with van der Waals surface area (Å²) in [5.74, 6) is 1.81. The summed E-state index contributed by atoms with van der Waals surface area (Å²) in [5.41, 5.74) is 1.23. The second-order valence-electron chi connectivity index (χ2n) is 6.02. The lowest BCUT2D eigenvalue weighted by atomic mass is 9.99. The molecule has 0 aromatic heterocycles. The quantitative estimate of drug-likeness (QED) is 0.849. The highest BCUT2D eigenvalue weighted by molar-refractivity contribution is 5.58. The van der Waals surface area contributed by atoms with Crippen LogP contribution in [0, 0.1) is 5.92 Å². The van der Waals surface area contributed by atoms with Gasteiger partial charge in [0.05, 0.1) is 12.8 Å². The van der Waals surface area contributed by atoms with Crippen LogP contribution >= 0.6 is 0 Å². The molecule has 0 saturated carbocycles. The zero-order valence-electron chi connectivity index (χ0n) is 13.0. The third kappa shape index (κ3) is 3.69. The number of methoxy groups -OCH3 is 1. The van der Waals surface area contributed by atoms with E-state index in [1.807, 2.05) is 12.1 Å². The summed E-state index contributed by atoms with van der Waals surface area (Å²) in [5, 5.41) is 0. The molecule has 21 heavy (non-hydrogen) atoms. The minimum absolute atomic E-state index is 0.830. The maximum atomic E-state index is 5.48. The molecule has 0 spiro atoms. The first-order valence-corrected chi connectivity index (χ1v) is 8.05. The van der Waals surface area contributed by atoms with Gasteiger partial charge in [0.25, 0.3) is 0 Å². The number of hydrogen-bond donors (Lipinski definition) is 0. The minimum atomic E-state index is 0.830. The summed E-state index contributed by atoms with van der Waals surface area (Å²) in [4.78, 5) is 5.06. The number of rotatable bonds is 4. The first-order chi connectivity index (χ1) is 10.4. The van der Waals surface area contributed by atoms with Crippen LogP contribution in [0.4, 0.5) is 5.69 Å². The van der Waals surface area contributed by atoms with E-state index in [1.54, 1.807) is 7.11 Å². The van der Waals surface area contributed by atoms with Crippen molar-refractivity contribution in [2.24, 2.45) is 5.92 Å². The van der Waals surface area contributed by atoms with Gasteiger partial charge < -0.3 is 14.4 Å². The lowest BCUT2D eigenvalue weighted by Crippen LogP contribution is -2.48. The summed E-state index contributed by atoms with van der Waals surface area (Å²) < 4.78 is 10.9. The lowest BCUT2D eigenvalue weighted by Gasteiger charge is -2.38. The van der Waals surface area contributed by atoms with E-state index in [0.29, 0.717) is 0 Å². The van der Waals surface area contributed by atoms with Gasteiger partial charge in [-0.25, -0.2) is 0 Å². The fourth-order valence-corrected chi connectivity index (χ4v) is 3.36. The van der Waals surface area contributed by atoms with Crippen molar-refractivity contribution in [3.63, 3.8) is 0 Å². The van der Waals surface area contributed by atoms with Crippen LogP contribution < -0.4 is 9.64 Å². The molecule has 2 saturated heterocycles. The number of hydrogen-bond acceptors (Lipinski definition) is 4. The Morgan fingerprint density at radius 2 is 1.81 bits per heavy atom. The average Bonchev–Trinajstić information content (AvgIpc) is 2.56. The molecule has 0 bridgehead atoms. The van der Waals surface area contributed by atoms with Crippen LogP contribution in [0.15, 0.2) is 24.3 Å². The van der Waals surface area contributed by atoms with Gasteiger partial charge in [-0.15, -0.1) is 0 Å². The largest absolute Gasteiger partial charge is 0.495 e. The number of ether oxygens (including phenoxy) is 2. The van der Waals surface area contributed by atoms with Gasteiger partial charge in [-0.2, -0.15) is 0 Å². The van der Waals surface area contributed by atoms with E-state index in [4.69, 9.17) is 9.47 Å². The van der Waals surface area contributed by atoms with Crippen molar-refractivity contribution in [1.82, 2.24) is 4.90 Å². The van der Waals surface area contributed by atoms with E-state index in [2.05, 4.69) is 21.9 Å². The van der Waals surface area contributed by atoms with E-state index >= 15 is 0 Å². The van der Waals surface area contributed by atoms with Crippen molar-refractivity contribution in [1.29, 1.82) is 0 Å². The number of benzene rings is 1. The van der Waals surface area contributed by atoms with Gasteiger partial charge in [0.15, 0.2) is 0 Å². The lowest BCUT2D eigenvalue weighted by molar-refractivity contribution is 0.0517. The van der Waals surface area contributed by atoms with Crippen LogP contribution in [0.5, 0.6) is 5.75 Å². The second kappa shape index (κ2) is 7.14. The fraction of sp³-hybridized carbons (Fsp3) is 0.647. The first kappa shape index (κ1) is 14.7. The van der Waals surface area contributed by atoms with E-state index < -0.39 is 0 Å². The zero-order chi connectivity index (χ0) is 14.5. The maximum Gasteiger partial charge on any atom is 0.142 e. The normalized spacial score (nSPS) is 21.5. The predicted molar refractivity (Wildman–Crippen MR) is 85.2 cm³/mol. The van der Waals surface area contributed by atoms with Crippen LogP contribution in [-0.2, 0) is 4.74 Å². The van der Waals surface area contributed by atoms with Crippen molar-refractivity contribution in [3.05, 3.63) is 24.3 Å².